The molecule has 0 N–H and O–H groups in total. The Labute approximate surface area is 95.4 Å². The van der Waals surface area contributed by atoms with Crippen LogP contribution in [0.25, 0.3) is 0 Å². The maximum Gasteiger partial charge on any atom is 0.248 e. The number of ether oxygens (including phenoxy) is 1. The highest BCUT2D eigenvalue weighted by molar-refractivity contribution is 5.37. The molecule has 0 aliphatic heterocycles. The van der Waals surface area contributed by atoms with Gasteiger partial charge in [-0.3, -0.25) is 0 Å². The number of nitrogens with zero attached hydrogens (tertiary/aromatic N) is 1. The number of alkyl halides is 2. The van der Waals surface area contributed by atoms with Crippen molar-refractivity contribution in [2.75, 3.05) is 6.61 Å². The fourth-order valence-corrected chi connectivity index (χ4v) is 1.07. The molecule has 0 heterocycles. The molecule has 1 aromatic rings. The molecule has 0 amide bonds. The Morgan fingerprint density at radius 2 is 1.94 bits per heavy atom. The minimum atomic E-state index is -2.93. The van der Waals surface area contributed by atoms with Crippen LogP contribution in [0.15, 0.2) is 12.1 Å². The second-order valence-corrected chi connectivity index (χ2v) is 3.52. The van der Waals surface area contributed by atoms with E-state index in [1.165, 1.54) is 6.07 Å². The molecular weight excluding hydrogens is 238 g/mol. The zero-order chi connectivity index (χ0) is 13.1. The van der Waals surface area contributed by atoms with Crippen LogP contribution in [0.1, 0.15) is 18.9 Å². The van der Waals surface area contributed by atoms with E-state index in [-0.39, 0.29) is 0 Å². The van der Waals surface area contributed by atoms with Gasteiger partial charge < -0.3 is 4.74 Å². The number of halogens is 4. The number of benzene rings is 1. The molecule has 0 unspecified atom stereocenters. The first-order valence-corrected chi connectivity index (χ1v) is 4.74. The van der Waals surface area contributed by atoms with E-state index in [4.69, 9.17) is 5.26 Å². The number of nitriles is 1. The summed E-state index contributed by atoms with van der Waals surface area (Å²) in [6, 6.07) is 3.51. The van der Waals surface area contributed by atoms with E-state index in [0.29, 0.717) is 6.92 Å². The zero-order valence-corrected chi connectivity index (χ0v) is 8.94. The Hall–Kier alpha value is -1.77. The maximum absolute atomic E-state index is 13.2. The van der Waals surface area contributed by atoms with Crippen molar-refractivity contribution in [1.29, 1.82) is 5.26 Å². The average molecular weight is 247 g/mol. The summed E-state index contributed by atoms with van der Waals surface area (Å²) in [6.07, 6.45) is -0.603. The van der Waals surface area contributed by atoms with Crippen LogP contribution in [0.3, 0.4) is 0 Å². The van der Waals surface area contributed by atoms with Crippen LogP contribution in [0.5, 0.6) is 5.75 Å². The minimum absolute atomic E-state index is 0.439. The highest BCUT2D eigenvalue weighted by Crippen LogP contribution is 2.23. The highest BCUT2D eigenvalue weighted by Gasteiger charge is 2.21. The molecule has 2 nitrogen and oxygen atoms in total. The van der Waals surface area contributed by atoms with E-state index in [1.807, 2.05) is 0 Å². The lowest BCUT2D eigenvalue weighted by atomic mass is 10.2. The maximum atomic E-state index is 13.2. The molecular formula is C11H9F4NO. The first-order valence-electron chi connectivity index (χ1n) is 4.74. The van der Waals surface area contributed by atoms with E-state index in [1.54, 1.807) is 0 Å². The lowest BCUT2D eigenvalue weighted by Gasteiger charge is -2.11. The van der Waals surface area contributed by atoms with Gasteiger partial charge >= 0.3 is 0 Å². The van der Waals surface area contributed by atoms with Gasteiger partial charge in [0.05, 0.1) is 12.2 Å². The largest absolute Gasteiger partial charge is 0.490 e. The summed E-state index contributed by atoms with van der Waals surface area (Å²) in [4.78, 5) is 0. The summed E-state index contributed by atoms with van der Waals surface area (Å²) in [5, 5.41) is 8.42. The van der Waals surface area contributed by atoms with E-state index < -0.39 is 41.9 Å². The lowest BCUT2D eigenvalue weighted by molar-refractivity contribution is 0.000431. The fraction of sp³-hybridized carbons (Fsp3) is 0.364. The van der Waals surface area contributed by atoms with Crippen molar-refractivity contribution in [2.24, 2.45) is 0 Å². The van der Waals surface area contributed by atoms with Crippen molar-refractivity contribution in [1.82, 2.24) is 0 Å². The molecule has 0 fully saturated rings. The van der Waals surface area contributed by atoms with Gasteiger partial charge in [-0.1, -0.05) is 0 Å². The van der Waals surface area contributed by atoms with Gasteiger partial charge in [-0.15, -0.1) is 0 Å². The predicted octanol–water partition coefficient (Wildman–Crippen LogP) is 3.26. The number of rotatable bonds is 4. The molecule has 6 heteroatoms. The first kappa shape index (κ1) is 13.3. The molecule has 92 valence electrons. The molecule has 17 heavy (non-hydrogen) atoms. The molecule has 0 saturated carbocycles. The molecule has 0 aliphatic rings. The third kappa shape index (κ3) is 3.63. The molecule has 1 aromatic carbocycles. The van der Waals surface area contributed by atoms with E-state index in [2.05, 4.69) is 4.74 Å². The molecule has 1 rings (SSSR count). The molecule has 0 atom stereocenters. The smallest absolute Gasteiger partial charge is 0.248 e. The average Bonchev–Trinajstić information content (AvgIpc) is 2.23. The van der Waals surface area contributed by atoms with Crippen molar-refractivity contribution >= 4 is 0 Å². The van der Waals surface area contributed by atoms with Crippen molar-refractivity contribution in [3.63, 3.8) is 0 Å². The van der Waals surface area contributed by atoms with E-state index in [9.17, 15) is 17.6 Å². The Morgan fingerprint density at radius 1 is 1.29 bits per heavy atom. The first-order chi connectivity index (χ1) is 7.85. The standard InChI is InChI=1S/C11H9F4NO/c1-11(14,15)4-5-17-8-3-2-7(6-16)9(12)10(8)13/h2-3H,4-5H2,1H3. The minimum Gasteiger partial charge on any atom is -0.490 e. The van der Waals surface area contributed by atoms with Gasteiger partial charge in [0.2, 0.25) is 11.7 Å². The quantitative estimate of drug-likeness (QED) is 0.765. The van der Waals surface area contributed by atoms with Crippen LogP contribution in [0, 0.1) is 23.0 Å². The number of hydrogen-bond acceptors (Lipinski definition) is 2. The van der Waals surface area contributed by atoms with Crippen LogP contribution >= 0.6 is 0 Å². The summed E-state index contributed by atoms with van der Waals surface area (Å²) < 4.78 is 55.9. The second kappa shape index (κ2) is 5.04. The Morgan fingerprint density at radius 3 is 2.47 bits per heavy atom. The predicted molar refractivity (Wildman–Crippen MR) is 51.8 cm³/mol. The van der Waals surface area contributed by atoms with E-state index >= 15 is 0 Å². The Bertz CT molecular complexity index is 448. The molecule has 0 spiro atoms. The summed E-state index contributed by atoms with van der Waals surface area (Å²) >= 11 is 0. The Kier molecular flexibility index (Phi) is 3.94. The zero-order valence-electron chi connectivity index (χ0n) is 8.94. The summed E-state index contributed by atoms with van der Waals surface area (Å²) in [7, 11) is 0. The topological polar surface area (TPSA) is 33.0 Å². The van der Waals surface area contributed by atoms with Gasteiger partial charge in [0, 0.05) is 6.42 Å². The molecule has 0 radical (unpaired) electrons. The molecule has 0 bridgehead atoms. The van der Waals surface area contributed by atoms with Crippen molar-refractivity contribution in [3.8, 4) is 11.8 Å². The van der Waals surface area contributed by atoms with Gasteiger partial charge in [0.15, 0.2) is 11.6 Å². The van der Waals surface area contributed by atoms with Gasteiger partial charge in [-0.25, -0.2) is 13.2 Å². The third-order valence-corrected chi connectivity index (χ3v) is 1.97. The summed E-state index contributed by atoms with van der Waals surface area (Å²) in [5.74, 6) is -6.09. The summed E-state index contributed by atoms with van der Waals surface area (Å²) in [6.45, 7) is 0.262. The number of hydrogen-bond donors (Lipinski definition) is 0. The lowest BCUT2D eigenvalue weighted by Crippen LogP contribution is -2.15. The van der Waals surface area contributed by atoms with Gasteiger partial charge in [-0.05, 0) is 19.1 Å². The second-order valence-electron chi connectivity index (χ2n) is 3.52. The fourth-order valence-electron chi connectivity index (χ4n) is 1.07. The van der Waals surface area contributed by atoms with Crippen LogP contribution in [0.4, 0.5) is 17.6 Å². The SMILES string of the molecule is CC(F)(F)CCOc1ccc(C#N)c(F)c1F. The third-order valence-electron chi connectivity index (χ3n) is 1.97. The van der Waals surface area contributed by atoms with Crippen molar-refractivity contribution < 1.29 is 22.3 Å². The molecule has 0 aliphatic carbocycles. The normalized spacial score (nSPS) is 11.1. The van der Waals surface area contributed by atoms with Gasteiger partial charge in [0.25, 0.3) is 0 Å². The van der Waals surface area contributed by atoms with Crippen LogP contribution in [-0.2, 0) is 0 Å². The molecule has 0 saturated heterocycles. The molecule has 0 aromatic heterocycles. The van der Waals surface area contributed by atoms with Crippen molar-refractivity contribution in [3.05, 3.63) is 29.3 Å². The van der Waals surface area contributed by atoms with E-state index in [0.717, 1.165) is 12.1 Å². The Balaban J connectivity index is 2.74. The van der Waals surface area contributed by atoms with Crippen LogP contribution in [0.2, 0.25) is 0 Å². The van der Waals surface area contributed by atoms with Gasteiger partial charge in [-0.2, -0.15) is 9.65 Å². The summed E-state index contributed by atoms with van der Waals surface area (Å²) in [5.41, 5.74) is -0.462. The van der Waals surface area contributed by atoms with Gasteiger partial charge in [0.1, 0.15) is 6.07 Å². The highest BCUT2D eigenvalue weighted by atomic mass is 19.3. The van der Waals surface area contributed by atoms with Crippen LogP contribution < -0.4 is 4.74 Å². The monoisotopic (exact) mass is 247 g/mol. The van der Waals surface area contributed by atoms with Crippen molar-refractivity contribution in [2.45, 2.75) is 19.3 Å². The van der Waals surface area contributed by atoms with Crippen LogP contribution in [-0.4, -0.2) is 12.5 Å².